The van der Waals surface area contributed by atoms with Gasteiger partial charge in [0.2, 0.25) is 0 Å². The van der Waals surface area contributed by atoms with Gasteiger partial charge in [-0.15, -0.1) is 0 Å². The van der Waals surface area contributed by atoms with Crippen LogP contribution in [0, 0.1) is 10.1 Å². The molecule has 0 unspecified atom stereocenters. The minimum atomic E-state index is -1.20. The fraction of sp³-hybridized carbons (Fsp3) is 0.182. The second-order valence-corrected chi connectivity index (χ2v) is 5.72. The quantitative estimate of drug-likeness (QED) is 0.668. The number of carbonyl (C=O) groups is 1. The van der Waals surface area contributed by atoms with Crippen molar-refractivity contribution in [2.75, 3.05) is 0 Å². The Bertz CT molecular complexity index is 671. The van der Waals surface area contributed by atoms with Crippen molar-refractivity contribution in [1.82, 2.24) is 9.36 Å². The summed E-state index contributed by atoms with van der Waals surface area (Å²) in [4.78, 5) is 25.8. The molecule has 0 spiro atoms. The average molecular weight is 311 g/mol. The molecule has 0 aliphatic heterocycles. The van der Waals surface area contributed by atoms with Gasteiger partial charge >= 0.3 is 5.97 Å². The average Bonchev–Trinajstić information content (AvgIpc) is 2.86. The van der Waals surface area contributed by atoms with Crippen LogP contribution in [0.15, 0.2) is 27.4 Å². The number of nitro groups is 1. The number of nitrogens with zero attached hydrogens (tertiary/aromatic N) is 3. The van der Waals surface area contributed by atoms with Crippen LogP contribution < -0.4 is 0 Å². The Labute approximate surface area is 122 Å². The molecule has 1 N–H and O–H groups in total. The molecular formula is C11H9N3O4S2. The Balaban J connectivity index is 2.35. The molecule has 0 fully saturated rings. The first-order valence-corrected chi connectivity index (χ1v) is 7.12. The summed E-state index contributed by atoms with van der Waals surface area (Å²) in [5.41, 5.74) is -0.365. The smallest absolute Gasteiger partial charge is 0.335 e. The summed E-state index contributed by atoms with van der Waals surface area (Å²) in [5.74, 6) is -0.517. The van der Waals surface area contributed by atoms with Gasteiger partial charge in [-0.25, -0.2) is 9.78 Å². The molecule has 0 atom stereocenters. The van der Waals surface area contributed by atoms with Gasteiger partial charge in [0.1, 0.15) is 5.82 Å². The van der Waals surface area contributed by atoms with Crippen molar-refractivity contribution in [3.8, 4) is 0 Å². The molecule has 0 bridgehead atoms. The lowest BCUT2D eigenvalue weighted by molar-refractivity contribution is -0.387. The maximum absolute atomic E-state index is 11.0. The number of benzene rings is 1. The van der Waals surface area contributed by atoms with Crippen molar-refractivity contribution in [3.63, 3.8) is 0 Å². The van der Waals surface area contributed by atoms with Gasteiger partial charge < -0.3 is 5.11 Å². The zero-order valence-corrected chi connectivity index (χ0v) is 11.9. The van der Waals surface area contributed by atoms with Gasteiger partial charge in [-0.2, -0.15) is 4.37 Å². The van der Waals surface area contributed by atoms with Crippen molar-refractivity contribution in [2.24, 2.45) is 0 Å². The molecule has 104 valence electrons. The minimum Gasteiger partial charge on any atom is -0.478 e. The van der Waals surface area contributed by atoms with E-state index < -0.39 is 10.9 Å². The molecule has 1 aromatic carbocycles. The first-order valence-electron chi connectivity index (χ1n) is 5.53. The monoisotopic (exact) mass is 311 g/mol. The first kappa shape index (κ1) is 14.4. The van der Waals surface area contributed by atoms with Crippen molar-refractivity contribution in [3.05, 3.63) is 39.7 Å². The standard InChI is InChI=1S/C11H9N3O4S2/c1-2-9-12-11(20-13-9)19-8-4-3-6(10(15)16)5-7(8)14(17)18/h3-5H,2H2,1H3,(H,15,16). The zero-order chi connectivity index (χ0) is 14.7. The van der Waals surface area contributed by atoms with Gasteiger partial charge in [0.05, 0.1) is 15.4 Å². The van der Waals surface area contributed by atoms with E-state index in [9.17, 15) is 14.9 Å². The molecular weight excluding hydrogens is 302 g/mol. The Morgan fingerprint density at radius 1 is 1.55 bits per heavy atom. The van der Waals surface area contributed by atoms with Crippen molar-refractivity contribution < 1.29 is 14.8 Å². The highest BCUT2D eigenvalue weighted by Crippen LogP contribution is 2.36. The largest absolute Gasteiger partial charge is 0.478 e. The van der Waals surface area contributed by atoms with Gasteiger partial charge in [-0.3, -0.25) is 10.1 Å². The lowest BCUT2D eigenvalue weighted by Crippen LogP contribution is -1.99. The molecule has 0 aliphatic rings. The van der Waals surface area contributed by atoms with Gasteiger partial charge in [0.15, 0.2) is 4.34 Å². The van der Waals surface area contributed by atoms with Crippen LogP contribution in [0.5, 0.6) is 0 Å². The maximum Gasteiger partial charge on any atom is 0.335 e. The highest BCUT2D eigenvalue weighted by Gasteiger charge is 2.19. The maximum atomic E-state index is 11.0. The molecule has 0 saturated carbocycles. The van der Waals surface area contributed by atoms with Crippen molar-refractivity contribution in [1.29, 1.82) is 0 Å². The lowest BCUT2D eigenvalue weighted by Gasteiger charge is -2.01. The molecule has 20 heavy (non-hydrogen) atoms. The van der Waals surface area contributed by atoms with Gasteiger partial charge in [-0.1, -0.05) is 18.7 Å². The van der Waals surface area contributed by atoms with Crippen LogP contribution in [-0.2, 0) is 6.42 Å². The Kier molecular flexibility index (Phi) is 4.30. The number of hydrogen-bond donors (Lipinski definition) is 1. The van der Waals surface area contributed by atoms with Crippen LogP contribution in [0.1, 0.15) is 23.1 Å². The fourth-order valence-electron chi connectivity index (χ4n) is 1.40. The van der Waals surface area contributed by atoms with Crippen LogP contribution in [0.3, 0.4) is 0 Å². The summed E-state index contributed by atoms with van der Waals surface area (Å²) in [6, 6.07) is 3.80. The van der Waals surface area contributed by atoms with E-state index in [-0.39, 0.29) is 11.3 Å². The zero-order valence-electron chi connectivity index (χ0n) is 10.3. The fourth-order valence-corrected chi connectivity index (χ4v) is 3.14. The summed E-state index contributed by atoms with van der Waals surface area (Å²) in [6.45, 7) is 1.92. The number of rotatable bonds is 5. The van der Waals surface area contributed by atoms with E-state index in [0.29, 0.717) is 21.5 Å². The van der Waals surface area contributed by atoms with Crippen LogP contribution >= 0.6 is 23.3 Å². The minimum absolute atomic E-state index is 0.118. The highest BCUT2D eigenvalue weighted by atomic mass is 32.2. The second kappa shape index (κ2) is 5.97. The topological polar surface area (TPSA) is 106 Å². The highest BCUT2D eigenvalue weighted by molar-refractivity contribution is 8.01. The van der Waals surface area contributed by atoms with Crippen LogP contribution in [0.25, 0.3) is 0 Å². The SMILES string of the molecule is CCc1nsc(Sc2ccc(C(=O)O)cc2[N+](=O)[O-])n1. The molecule has 1 heterocycles. The summed E-state index contributed by atoms with van der Waals surface area (Å²) in [5, 5.41) is 19.9. The first-order chi connectivity index (χ1) is 9.51. The Hall–Kier alpha value is -2.00. The Morgan fingerprint density at radius 3 is 2.85 bits per heavy atom. The van der Waals surface area contributed by atoms with E-state index in [1.807, 2.05) is 6.92 Å². The van der Waals surface area contributed by atoms with Gasteiger partial charge in [0, 0.05) is 12.5 Å². The molecule has 7 nitrogen and oxygen atoms in total. The molecule has 0 aliphatic carbocycles. The number of aromatic carboxylic acids is 1. The van der Waals surface area contributed by atoms with E-state index in [0.717, 1.165) is 29.4 Å². The normalized spacial score (nSPS) is 10.4. The van der Waals surface area contributed by atoms with E-state index in [1.165, 1.54) is 12.1 Å². The molecule has 9 heteroatoms. The lowest BCUT2D eigenvalue weighted by atomic mass is 10.2. The molecule has 0 saturated heterocycles. The molecule has 1 aromatic heterocycles. The van der Waals surface area contributed by atoms with Crippen LogP contribution in [0.4, 0.5) is 5.69 Å². The third-order valence-electron chi connectivity index (χ3n) is 2.37. The number of nitro benzene ring substituents is 1. The second-order valence-electron chi connectivity index (χ2n) is 3.68. The van der Waals surface area contributed by atoms with Crippen molar-refractivity contribution in [2.45, 2.75) is 22.6 Å². The number of aromatic nitrogens is 2. The van der Waals surface area contributed by atoms with Gasteiger partial charge in [-0.05, 0) is 23.7 Å². The number of carboxylic acid groups (broad SMARTS) is 1. The number of carboxylic acids is 1. The van der Waals surface area contributed by atoms with E-state index in [1.54, 1.807) is 0 Å². The predicted molar refractivity (Wildman–Crippen MR) is 73.5 cm³/mol. The summed E-state index contributed by atoms with van der Waals surface area (Å²) in [6.07, 6.45) is 0.692. The van der Waals surface area contributed by atoms with Crippen molar-refractivity contribution >= 4 is 35.0 Å². The Morgan fingerprint density at radius 2 is 2.30 bits per heavy atom. The third kappa shape index (κ3) is 3.11. The summed E-state index contributed by atoms with van der Waals surface area (Å²) < 4.78 is 4.69. The molecule has 0 amide bonds. The third-order valence-corrected chi connectivity index (χ3v) is 4.22. The number of hydrogen-bond acceptors (Lipinski definition) is 7. The van der Waals surface area contributed by atoms with E-state index in [2.05, 4.69) is 9.36 Å². The summed E-state index contributed by atoms with van der Waals surface area (Å²) >= 11 is 2.27. The molecule has 0 radical (unpaired) electrons. The van der Waals surface area contributed by atoms with Gasteiger partial charge in [0.25, 0.3) is 5.69 Å². The number of aryl methyl sites for hydroxylation is 1. The molecule has 2 aromatic rings. The van der Waals surface area contributed by atoms with Crippen LogP contribution in [0.2, 0.25) is 0 Å². The predicted octanol–water partition coefficient (Wildman–Crippen LogP) is 2.86. The van der Waals surface area contributed by atoms with E-state index in [4.69, 9.17) is 5.11 Å². The van der Waals surface area contributed by atoms with Crippen LogP contribution in [-0.4, -0.2) is 25.4 Å². The molecule has 2 rings (SSSR count). The van der Waals surface area contributed by atoms with E-state index >= 15 is 0 Å². The summed E-state index contributed by atoms with van der Waals surface area (Å²) in [7, 11) is 0.